The van der Waals surface area contributed by atoms with Gasteiger partial charge in [-0.05, 0) is 43.2 Å². The molecule has 0 bridgehead atoms. The van der Waals surface area contributed by atoms with E-state index in [4.69, 9.17) is 4.74 Å². The molecule has 0 aromatic carbocycles. The molecular formula is C19H27N5O. The van der Waals surface area contributed by atoms with Gasteiger partial charge >= 0.3 is 0 Å². The molecule has 0 spiro atoms. The maximum absolute atomic E-state index is 5.79. The Kier molecular flexibility index (Phi) is 4.23. The third-order valence-electron chi connectivity index (χ3n) is 5.11. The average Bonchev–Trinajstić information content (AvgIpc) is 3.01. The Hall–Kier alpha value is -1.95. The van der Waals surface area contributed by atoms with Crippen LogP contribution in [0.1, 0.15) is 38.7 Å². The van der Waals surface area contributed by atoms with Gasteiger partial charge in [0.2, 0.25) is 0 Å². The number of ether oxygens (including phenoxy) is 1. The van der Waals surface area contributed by atoms with E-state index in [2.05, 4.69) is 47.0 Å². The highest BCUT2D eigenvalue weighted by Gasteiger charge is 2.34. The zero-order valence-electron chi connectivity index (χ0n) is 15.4. The summed E-state index contributed by atoms with van der Waals surface area (Å²) < 4.78 is 7.68. The molecule has 0 amide bonds. The molecule has 25 heavy (non-hydrogen) atoms. The number of aromatic nitrogens is 4. The zero-order chi connectivity index (χ0) is 17.4. The van der Waals surface area contributed by atoms with Crippen molar-refractivity contribution in [2.75, 3.05) is 24.6 Å². The van der Waals surface area contributed by atoms with Crippen molar-refractivity contribution >= 4 is 5.69 Å². The van der Waals surface area contributed by atoms with Crippen LogP contribution in [0.3, 0.4) is 0 Å². The molecule has 134 valence electrons. The van der Waals surface area contributed by atoms with Gasteiger partial charge in [0.25, 0.3) is 0 Å². The number of anilines is 1. The van der Waals surface area contributed by atoms with E-state index in [-0.39, 0.29) is 6.10 Å². The van der Waals surface area contributed by atoms with Gasteiger partial charge < -0.3 is 9.64 Å². The van der Waals surface area contributed by atoms with Crippen LogP contribution in [0, 0.1) is 12.3 Å². The minimum absolute atomic E-state index is 0.259. The molecule has 6 nitrogen and oxygen atoms in total. The van der Waals surface area contributed by atoms with Crippen LogP contribution in [-0.4, -0.2) is 45.8 Å². The molecule has 4 heterocycles. The van der Waals surface area contributed by atoms with E-state index >= 15 is 0 Å². The van der Waals surface area contributed by atoms with Crippen LogP contribution in [-0.2, 0) is 11.3 Å². The Morgan fingerprint density at radius 2 is 2.12 bits per heavy atom. The smallest absolute Gasteiger partial charge is 0.131 e. The van der Waals surface area contributed by atoms with Crippen LogP contribution in [0.25, 0.3) is 11.4 Å². The number of aryl methyl sites for hydroxylation is 1. The molecule has 2 aromatic heterocycles. The van der Waals surface area contributed by atoms with Gasteiger partial charge in [-0.3, -0.25) is 4.98 Å². The normalized spacial score (nSPS) is 22.7. The Balaban J connectivity index is 1.46. The molecule has 2 aliphatic rings. The SMILES string of the molecule is Cc1cc(N2CC(C)(C)C2)cnc1-c1cn(C[C@H]2CCCCO2)nn1. The van der Waals surface area contributed by atoms with E-state index in [1.165, 1.54) is 18.5 Å². The van der Waals surface area contributed by atoms with E-state index in [0.717, 1.165) is 49.6 Å². The summed E-state index contributed by atoms with van der Waals surface area (Å²) in [5.41, 5.74) is 4.51. The van der Waals surface area contributed by atoms with Gasteiger partial charge in [0.1, 0.15) is 5.69 Å². The van der Waals surface area contributed by atoms with E-state index in [0.29, 0.717) is 5.41 Å². The van der Waals surface area contributed by atoms with Gasteiger partial charge in [-0.25, -0.2) is 4.68 Å². The van der Waals surface area contributed by atoms with Gasteiger partial charge in [0, 0.05) is 19.7 Å². The molecule has 2 aliphatic heterocycles. The monoisotopic (exact) mass is 341 g/mol. The lowest BCUT2D eigenvalue weighted by Gasteiger charge is -2.47. The van der Waals surface area contributed by atoms with E-state index < -0.39 is 0 Å². The molecule has 0 saturated carbocycles. The first kappa shape index (κ1) is 16.5. The van der Waals surface area contributed by atoms with Crippen molar-refractivity contribution < 1.29 is 4.74 Å². The first-order valence-electron chi connectivity index (χ1n) is 9.24. The van der Waals surface area contributed by atoms with Crippen LogP contribution in [0.4, 0.5) is 5.69 Å². The summed E-state index contributed by atoms with van der Waals surface area (Å²) in [7, 11) is 0. The maximum atomic E-state index is 5.79. The third-order valence-corrected chi connectivity index (χ3v) is 5.11. The molecule has 0 aliphatic carbocycles. The first-order chi connectivity index (χ1) is 12.0. The Labute approximate surface area is 149 Å². The van der Waals surface area contributed by atoms with Gasteiger partial charge in [-0.2, -0.15) is 0 Å². The number of nitrogens with zero attached hydrogens (tertiary/aromatic N) is 5. The highest BCUT2D eigenvalue weighted by Crippen LogP contribution is 2.34. The first-order valence-corrected chi connectivity index (χ1v) is 9.24. The summed E-state index contributed by atoms with van der Waals surface area (Å²) in [4.78, 5) is 7.05. The quantitative estimate of drug-likeness (QED) is 0.855. The Bertz CT molecular complexity index is 740. The molecule has 2 aromatic rings. The fourth-order valence-corrected chi connectivity index (χ4v) is 3.83. The van der Waals surface area contributed by atoms with E-state index in [9.17, 15) is 0 Å². The summed E-state index contributed by atoms with van der Waals surface area (Å²) in [5.74, 6) is 0. The molecule has 0 radical (unpaired) electrons. The Morgan fingerprint density at radius 1 is 1.28 bits per heavy atom. The van der Waals surface area contributed by atoms with Crippen molar-refractivity contribution in [3.05, 3.63) is 24.0 Å². The van der Waals surface area contributed by atoms with Gasteiger partial charge in [-0.15, -0.1) is 5.10 Å². The molecule has 2 fully saturated rings. The topological polar surface area (TPSA) is 56.1 Å². The number of pyridine rings is 1. The highest BCUT2D eigenvalue weighted by molar-refractivity contribution is 5.62. The van der Waals surface area contributed by atoms with Crippen molar-refractivity contribution in [3.8, 4) is 11.4 Å². The predicted octanol–water partition coefficient (Wildman–Crippen LogP) is 3.06. The zero-order valence-corrected chi connectivity index (χ0v) is 15.4. The van der Waals surface area contributed by atoms with Crippen molar-refractivity contribution in [1.29, 1.82) is 0 Å². The van der Waals surface area contributed by atoms with Crippen LogP contribution >= 0.6 is 0 Å². The second-order valence-electron chi connectivity index (χ2n) is 8.19. The summed E-state index contributed by atoms with van der Waals surface area (Å²) in [5, 5.41) is 8.59. The van der Waals surface area contributed by atoms with Gasteiger partial charge in [-0.1, -0.05) is 19.1 Å². The van der Waals surface area contributed by atoms with Crippen LogP contribution < -0.4 is 4.90 Å². The largest absolute Gasteiger partial charge is 0.376 e. The van der Waals surface area contributed by atoms with Gasteiger partial charge in [0.05, 0.1) is 36.4 Å². The molecule has 4 rings (SSSR count). The molecule has 6 heteroatoms. The van der Waals surface area contributed by atoms with Crippen LogP contribution in [0.2, 0.25) is 0 Å². The second kappa shape index (κ2) is 6.41. The fraction of sp³-hybridized carbons (Fsp3) is 0.632. The second-order valence-corrected chi connectivity index (χ2v) is 8.19. The average molecular weight is 341 g/mol. The summed E-state index contributed by atoms with van der Waals surface area (Å²) in [6.07, 6.45) is 7.72. The molecule has 1 atom stereocenters. The summed E-state index contributed by atoms with van der Waals surface area (Å²) >= 11 is 0. The lowest BCUT2D eigenvalue weighted by Crippen LogP contribution is -2.53. The summed E-state index contributed by atoms with van der Waals surface area (Å²) in [6, 6.07) is 2.21. The fourth-order valence-electron chi connectivity index (χ4n) is 3.83. The Morgan fingerprint density at radius 3 is 2.80 bits per heavy atom. The molecule has 0 unspecified atom stereocenters. The minimum atomic E-state index is 0.259. The number of hydrogen-bond acceptors (Lipinski definition) is 5. The lowest BCUT2D eigenvalue weighted by molar-refractivity contribution is 0.00370. The molecule has 0 N–H and O–H groups in total. The predicted molar refractivity (Wildman–Crippen MR) is 97.6 cm³/mol. The van der Waals surface area contributed by atoms with Crippen molar-refractivity contribution in [2.24, 2.45) is 5.41 Å². The van der Waals surface area contributed by atoms with Crippen molar-refractivity contribution in [2.45, 2.75) is 52.7 Å². The van der Waals surface area contributed by atoms with Crippen LogP contribution in [0.5, 0.6) is 0 Å². The lowest BCUT2D eigenvalue weighted by atomic mass is 9.84. The maximum Gasteiger partial charge on any atom is 0.131 e. The van der Waals surface area contributed by atoms with Gasteiger partial charge in [0.15, 0.2) is 0 Å². The van der Waals surface area contributed by atoms with E-state index in [1.54, 1.807) is 0 Å². The molecule has 2 saturated heterocycles. The van der Waals surface area contributed by atoms with Crippen molar-refractivity contribution in [3.63, 3.8) is 0 Å². The van der Waals surface area contributed by atoms with Crippen LogP contribution in [0.15, 0.2) is 18.5 Å². The molecular weight excluding hydrogens is 314 g/mol. The number of hydrogen-bond donors (Lipinski definition) is 0. The van der Waals surface area contributed by atoms with Crippen molar-refractivity contribution in [1.82, 2.24) is 20.0 Å². The minimum Gasteiger partial charge on any atom is -0.376 e. The summed E-state index contributed by atoms with van der Waals surface area (Å²) in [6.45, 7) is 10.5. The van der Waals surface area contributed by atoms with E-state index in [1.807, 2.05) is 17.1 Å². The highest BCUT2D eigenvalue weighted by atomic mass is 16.5. The number of rotatable bonds is 4. The third kappa shape index (κ3) is 3.54. The standard InChI is InChI=1S/C19H27N5O/c1-14-8-15(23-12-19(2,3)13-23)9-20-18(14)17-11-24(22-21-17)10-16-6-4-5-7-25-16/h8-9,11,16H,4-7,10,12-13H2,1-3H3/t16-/m1/s1.